The van der Waals surface area contributed by atoms with E-state index in [0.29, 0.717) is 6.07 Å². The third-order valence-electron chi connectivity index (χ3n) is 1.57. The van der Waals surface area contributed by atoms with E-state index in [2.05, 4.69) is 5.73 Å². The van der Waals surface area contributed by atoms with Crippen molar-refractivity contribution >= 4 is 11.7 Å². The summed E-state index contributed by atoms with van der Waals surface area (Å²) in [5, 5.41) is 1.59. The number of benzene rings is 1. The van der Waals surface area contributed by atoms with Gasteiger partial charge >= 0.3 is 12.2 Å². The van der Waals surface area contributed by atoms with E-state index in [9.17, 15) is 22.4 Å². The van der Waals surface area contributed by atoms with Gasteiger partial charge in [0, 0.05) is 0 Å². The molecule has 0 aliphatic rings. The zero-order chi connectivity index (χ0) is 11.6. The molecule has 0 spiro atoms. The molecule has 0 aliphatic heterocycles. The Labute approximate surface area is 81.9 Å². The molecule has 0 bridgehead atoms. The van der Waals surface area contributed by atoms with E-state index < -0.39 is 29.3 Å². The Morgan fingerprint density at radius 1 is 1.33 bits per heavy atom. The summed E-state index contributed by atoms with van der Waals surface area (Å²) in [5.41, 5.74) is 2.38. The molecule has 15 heavy (non-hydrogen) atoms. The molecule has 1 aromatic carbocycles. The molecule has 7 heteroatoms. The van der Waals surface area contributed by atoms with Crippen molar-refractivity contribution < 1.29 is 22.4 Å². The minimum absolute atomic E-state index is 0.647. The Bertz CT molecular complexity index is 389. The highest BCUT2D eigenvalue weighted by Gasteiger charge is 2.34. The van der Waals surface area contributed by atoms with Gasteiger partial charge in [0.1, 0.15) is 5.82 Å². The van der Waals surface area contributed by atoms with Crippen LogP contribution in [0.15, 0.2) is 18.2 Å². The van der Waals surface area contributed by atoms with Crippen LogP contribution in [0, 0.1) is 5.82 Å². The SMILES string of the molecule is NC(=O)Nc1c(F)cccc1C(F)(F)F. The van der Waals surface area contributed by atoms with Crippen molar-refractivity contribution in [2.45, 2.75) is 6.18 Å². The largest absolute Gasteiger partial charge is 0.418 e. The average Bonchev–Trinajstić information content (AvgIpc) is 2.05. The van der Waals surface area contributed by atoms with Gasteiger partial charge in [-0.05, 0) is 12.1 Å². The molecule has 3 nitrogen and oxygen atoms in total. The monoisotopic (exact) mass is 222 g/mol. The fraction of sp³-hybridized carbons (Fsp3) is 0.125. The lowest BCUT2D eigenvalue weighted by atomic mass is 10.1. The number of anilines is 1. The van der Waals surface area contributed by atoms with Crippen LogP contribution in [0.5, 0.6) is 0 Å². The van der Waals surface area contributed by atoms with Crippen LogP contribution in [-0.2, 0) is 6.18 Å². The minimum atomic E-state index is -4.75. The predicted octanol–water partition coefficient (Wildman–Crippen LogP) is 2.34. The first-order valence-corrected chi connectivity index (χ1v) is 3.74. The van der Waals surface area contributed by atoms with Crippen LogP contribution in [0.3, 0.4) is 0 Å². The van der Waals surface area contributed by atoms with Crippen LogP contribution >= 0.6 is 0 Å². The van der Waals surface area contributed by atoms with Gasteiger partial charge in [0.15, 0.2) is 0 Å². The van der Waals surface area contributed by atoms with E-state index in [-0.39, 0.29) is 0 Å². The van der Waals surface area contributed by atoms with Crippen molar-refractivity contribution in [2.75, 3.05) is 5.32 Å². The maximum Gasteiger partial charge on any atom is 0.418 e. The van der Waals surface area contributed by atoms with Crippen LogP contribution in [0.4, 0.5) is 28.0 Å². The second-order valence-electron chi connectivity index (χ2n) is 2.65. The number of nitrogens with two attached hydrogens (primary N) is 1. The van der Waals surface area contributed by atoms with E-state index in [1.807, 2.05) is 0 Å². The van der Waals surface area contributed by atoms with Gasteiger partial charge in [-0.15, -0.1) is 0 Å². The fourth-order valence-corrected chi connectivity index (χ4v) is 1.01. The molecule has 0 atom stereocenters. The van der Waals surface area contributed by atoms with Crippen LogP contribution in [-0.4, -0.2) is 6.03 Å². The van der Waals surface area contributed by atoms with Crippen molar-refractivity contribution in [2.24, 2.45) is 5.73 Å². The lowest BCUT2D eigenvalue weighted by Crippen LogP contribution is -2.22. The number of carbonyl (C=O) groups excluding carboxylic acids is 1. The number of para-hydroxylation sites is 1. The molecule has 0 aliphatic carbocycles. The number of rotatable bonds is 1. The molecule has 1 rings (SSSR count). The second kappa shape index (κ2) is 3.76. The van der Waals surface area contributed by atoms with Gasteiger partial charge in [-0.25, -0.2) is 9.18 Å². The second-order valence-corrected chi connectivity index (χ2v) is 2.65. The number of halogens is 4. The molecule has 1 aromatic rings. The van der Waals surface area contributed by atoms with Crippen molar-refractivity contribution in [3.63, 3.8) is 0 Å². The van der Waals surface area contributed by atoms with Crippen molar-refractivity contribution in [3.8, 4) is 0 Å². The van der Waals surface area contributed by atoms with E-state index >= 15 is 0 Å². The van der Waals surface area contributed by atoms with Crippen molar-refractivity contribution in [3.05, 3.63) is 29.6 Å². The fourth-order valence-electron chi connectivity index (χ4n) is 1.01. The number of carbonyl (C=O) groups is 1. The summed E-state index contributed by atoms with van der Waals surface area (Å²) in [6.45, 7) is 0. The topological polar surface area (TPSA) is 55.1 Å². The van der Waals surface area contributed by atoms with Gasteiger partial charge in [0.2, 0.25) is 0 Å². The standard InChI is InChI=1S/C8H6F4N2O/c9-5-3-1-2-4(8(10,11)12)6(5)14-7(13)15/h1-3H,(H3,13,14,15). The van der Waals surface area contributed by atoms with Crippen LogP contribution in [0.1, 0.15) is 5.56 Å². The first kappa shape index (κ1) is 11.3. The third kappa shape index (κ3) is 2.58. The number of nitrogens with one attached hydrogen (secondary N) is 1. The lowest BCUT2D eigenvalue weighted by Gasteiger charge is -2.12. The number of primary amides is 1. The summed E-state index contributed by atoms with van der Waals surface area (Å²) >= 11 is 0. The predicted molar refractivity (Wildman–Crippen MR) is 44.6 cm³/mol. The molecule has 0 unspecified atom stereocenters. The maximum absolute atomic E-state index is 13.0. The summed E-state index contributed by atoms with van der Waals surface area (Å²) < 4.78 is 49.9. The zero-order valence-electron chi connectivity index (χ0n) is 7.23. The lowest BCUT2D eigenvalue weighted by molar-refractivity contribution is -0.137. The van der Waals surface area contributed by atoms with Crippen molar-refractivity contribution in [1.29, 1.82) is 0 Å². The van der Waals surface area contributed by atoms with Gasteiger partial charge < -0.3 is 11.1 Å². The Balaban J connectivity index is 3.26. The molecule has 0 heterocycles. The molecule has 0 radical (unpaired) electrons. The van der Waals surface area contributed by atoms with Gasteiger partial charge in [-0.3, -0.25) is 0 Å². The molecule has 0 saturated carbocycles. The molecule has 82 valence electrons. The Kier molecular flexibility index (Phi) is 2.83. The highest BCUT2D eigenvalue weighted by Crippen LogP contribution is 2.35. The summed E-state index contributed by atoms with van der Waals surface area (Å²) in [6, 6.07) is 1.07. The quantitative estimate of drug-likeness (QED) is 0.704. The van der Waals surface area contributed by atoms with E-state index in [1.54, 1.807) is 5.32 Å². The van der Waals surface area contributed by atoms with Gasteiger partial charge in [-0.1, -0.05) is 6.07 Å². The van der Waals surface area contributed by atoms with Gasteiger partial charge in [-0.2, -0.15) is 13.2 Å². The Morgan fingerprint density at radius 2 is 1.93 bits per heavy atom. The molecular weight excluding hydrogens is 216 g/mol. The minimum Gasteiger partial charge on any atom is -0.351 e. The number of hydrogen-bond donors (Lipinski definition) is 2. The smallest absolute Gasteiger partial charge is 0.351 e. The van der Waals surface area contributed by atoms with Crippen LogP contribution < -0.4 is 11.1 Å². The molecule has 0 fully saturated rings. The Hall–Kier alpha value is -1.79. The Morgan fingerprint density at radius 3 is 2.40 bits per heavy atom. The van der Waals surface area contributed by atoms with Crippen LogP contribution in [0.25, 0.3) is 0 Å². The van der Waals surface area contributed by atoms with E-state index in [4.69, 9.17) is 0 Å². The third-order valence-corrected chi connectivity index (χ3v) is 1.57. The number of hydrogen-bond acceptors (Lipinski definition) is 1. The normalized spacial score (nSPS) is 11.2. The van der Waals surface area contributed by atoms with Crippen LogP contribution in [0.2, 0.25) is 0 Å². The van der Waals surface area contributed by atoms with E-state index in [1.165, 1.54) is 0 Å². The number of amides is 2. The molecule has 0 saturated heterocycles. The zero-order valence-corrected chi connectivity index (χ0v) is 7.23. The summed E-state index contributed by atoms with van der Waals surface area (Å²) in [6.07, 6.45) is -4.75. The first-order chi connectivity index (χ1) is 6.82. The van der Waals surface area contributed by atoms with Gasteiger partial charge in [0.05, 0.1) is 11.3 Å². The highest BCUT2D eigenvalue weighted by atomic mass is 19.4. The average molecular weight is 222 g/mol. The number of urea groups is 1. The maximum atomic E-state index is 13.0. The molecular formula is C8H6F4N2O. The summed E-state index contributed by atoms with van der Waals surface area (Å²) in [7, 11) is 0. The molecule has 3 N–H and O–H groups in total. The first-order valence-electron chi connectivity index (χ1n) is 3.74. The molecule has 2 amide bonds. The summed E-state index contributed by atoms with van der Waals surface area (Å²) in [5.74, 6) is -1.19. The molecule has 0 aromatic heterocycles. The van der Waals surface area contributed by atoms with E-state index in [0.717, 1.165) is 12.1 Å². The van der Waals surface area contributed by atoms with Crippen molar-refractivity contribution in [1.82, 2.24) is 0 Å². The number of alkyl halides is 3. The highest BCUT2D eigenvalue weighted by molar-refractivity contribution is 5.89. The van der Waals surface area contributed by atoms with Gasteiger partial charge in [0.25, 0.3) is 0 Å². The summed E-state index contributed by atoms with van der Waals surface area (Å²) in [4.78, 5) is 10.4.